The van der Waals surface area contributed by atoms with E-state index in [0.717, 1.165) is 17.7 Å². The van der Waals surface area contributed by atoms with E-state index in [4.69, 9.17) is 4.74 Å². The van der Waals surface area contributed by atoms with Crippen molar-refractivity contribution in [1.82, 2.24) is 0 Å². The molecule has 0 aliphatic rings. The Morgan fingerprint density at radius 3 is 2.08 bits per heavy atom. The maximum Gasteiger partial charge on any atom is 0.573 e. The fraction of sp³-hybridized carbons (Fsp3) is 0.235. The molecule has 1 N–H and O–H groups in total. The van der Waals surface area contributed by atoms with Gasteiger partial charge in [-0.25, -0.2) is 0 Å². The molecule has 128 valence electrons. The van der Waals surface area contributed by atoms with E-state index in [-0.39, 0.29) is 5.75 Å². The summed E-state index contributed by atoms with van der Waals surface area (Å²) in [5.74, 6) is -0.221. The van der Waals surface area contributed by atoms with Gasteiger partial charge in [0.15, 0.2) is 6.10 Å². The van der Waals surface area contributed by atoms with Crippen molar-refractivity contribution in [2.75, 3.05) is 5.32 Å². The number of ether oxygens (including phenoxy) is 2. The van der Waals surface area contributed by atoms with Crippen LogP contribution in [0.25, 0.3) is 0 Å². The van der Waals surface area contributed by atoms with E-state index >= 15 is 0 Å². The minimum Gasteiger partial charge on any atom is -0.481 e. The Morgan fingerprint density at radius 2 is 1.54 bits per heavy atom. The third-order valence-corrected chi connectivity index (χ3v) is 3.06. The highest BCUT2D eigenvalue weighted by Gasteiger charge is 2.31. The lowest BCUT2D eigenvalue weighted by Crippen LogP contribution is -2.30. The molecule has 0 aliphatic heterocycles. The number of hydrogen-bond acceptors (Lipinski definition) is 3. The Balaban J connectivity index is 1.92. The van der Waals surface area contributed by atoms with Crippen LogP contribution in [0.4, 0.5) is 18.9 Å². The zero-order valence-electron chi connectivity index (χ0n) is 13.1. The van der Waals surface area contributed by atoms with E-state index in [0.29, 0.717) is 11.4 Å². The van der Waals surface area contributed by atoms with Crippen molar-refractivity contribution < 1.29 is 27.4 Å². The molecule has 4 nitrogen and oxygen atoms in total. The first-order valence-electron chi connectivity index (χ1n) is 7.13. The summed E-state index contributed by atoms with van der Waals surface area (Å²) in [6.45, 7) is 3.52. The highest BCUT2D eigenvalue weighted by atomic mass is 19.4. The third-order valence-electron chi connectivity index (χ3n) is 3.06. The smallest absolute Gasteiger partial charge is 0.481 e. The summed E-state index contributed by atoms with van der Waals surface area (Å²) in [7, 11) is 0. The van der Waals surface area contributed by atoms with Gasteiger partial charge in [-0.05, 0) is 50.2 Å². The van der Waals surface area contributed by atoms with Crippen molar-refractivity contribution >= 4 is 11.6 Å². The average Bonchev–Trinajstić information content (AvgIpc) is 2.50. The number of anilines is 1. The SMILES string of the molecule is Cc1ccc(O[C@H](C)C(=O)Nc2ccc(OC(F)(F)F)cc2)cc1. The number of hydrogen-bond donors (Lipinski definition) is 1. The number of halogens is 3. The van der Waals surface area contributed by atoms with Crippen molar-refractivity contribution in [3.8, 4) is 11.5 Å². The van der Waals surface area contributed by atoms with Gasteiger partial charge in [0, 0.05) is 5.69 Å². The monoisotopic (exact) mass is 339 g/mol. The predicted octanol–water partition coefficient (Wildman–Crippen LogP) is 4.30. The first kappa shape index (κ1) is 17.7. The molecule has 0 heterocycles. The zero-order valence-corrected chi connectivity index (χ0v) is 13.1. The lowest BCUT2D eigenvalue weighted by molar-refractivity contribution is -0.274. The van der Waals surface area contributed by atoms with Crippen LogP contribution in [0, 0.1) is 6.92 Å². The molecule has 0 spiro atoms. The maximum absolute atomic E-state index is 12.1. The van der Waals surface area contributed by atoms with E-state index in [1.165, 1.54) is 12.1 Å². The average molecular weight is 339 g/mol. The molecular formula is C17H16F3NO3. The molecule has 7 heteroatoms. The summed E-state index contributed by atoms with van der Waals surface area (Å²) in [5.41, 5.74) is 1.41. The number of alkyl halides is 3. The van der Waals surface area contributed by atoms with Crippen molar-refractivity contribution in [2.24, 2.45) is 0 Å². The highest BCUT2D eigenvalue weighted by molar-refractivity contribution is 5.94. The number of benzene rings is 2. The molecule has 0 aliphatic carbocycles. The van der Waals surface area contributed by atoms with Crippen LogP contribution in [-0.4, -0.2) is 18.4 Å². The summed E-state index contributed by atoms with van der Waals surface area (Å²) in [6, 6.07) is 12.1. The molecular weight excluding hydrogens is 323 g/mol. The second kappa shape index (κ2) is 7.25. The molecule has 1 atom stereocenters. The van der Waals surface area contributed by atoms with Gasteiger partial charge >= 0.3 is 6.36 Å². The summed E-state index contributed by atoms with van der Waals surface area (Å²) < 4.78 is 45.5. The van der Waals surface area contributed by atoms with Crippen LogP contribution in [-0.2, 0) is 4.79 Å². The Bertz CT molecular complexity index is 682. The normalized spacial score (nSPS) is 12.4. The minimum atomic E-state index is -4.75. The molecule has 1 amide bonds. The second-order valence-electron chi connectivity index (χ2n) is 5.13. The van der Waals surface area contributed by atoms with Crippen LogP contribution in [0.2, 0.25) is 0 Å². The Morgan fingerprint density at radius 1 is 1.00 bits per heavy atom. The first-order chi connectivity index (χ1) is 11.2. The summed E-state index contributed by atoms with van der Waals surface area (Å²) in [4.78, 5) is 12.1. The number of aryl methyl sites for hydroxylation is 1. The lowest BCUT2D eigenvalue weighted by Gasteiger charge is -2.15. The van der Waals surface area contributed by atoms with E-state index in [9.17, 15) is 18.0 Å². The molecule has 0 aromatic heterocycles. The van der Waals surface area contributed by atoms with Gasteiger partial charge in [0.05, 0.1) is 0 Å². The van der Waals surface area contributed by atoms with Crippen LogP contribution in [0.15, 0.2) is 48.5 Å². The summed E-state index contributed by atoms with van der Waals surface area (Å²) in [5, 5.41) is 2.56. The first-order valence-corrected chi connectivity index (χ1v) is 7.13. The molecule has 0 saturated carbocycles. The fourth-order valence-electron chi connectivity index (χ4n) is 1.86. The van der Waals surface area contributed by atoms with E-state index in [1.54, 1.807) is 19.1 Å². The standard InChI is InChI=1S/C17H16F3NO3/c1-11-3-7-14(8-4-11)23-12(2)16(22)21-13-5-9-15(10-6-13)24-17(18,19)20/h3-10,12H,1-2H3,(H,21,22)/t12-/m1/s1. The second-order valence-corrected chi connectivity index (χ2v) is 5.13. The van der Waals surface area contributed by atoms with E-state index < -0.39 is 18.4 Å². The van der Waals surface area contributed by atoms with Gasteiger partial charge in [0.25, 0.3) is 5.91 Å². The van der Waals surface area contributed by atoms with Crippen LogP contribution >= 0.6 is 0 Å². The third kappa shape index (κ3) is 5.49. The molecule has 2 rings (SSSR count). The Hall–Kier alpha value is -2.70. The van der Waals surface area contributed by atoms with Gasteiger partial charge in [0.1, 0.15) is 11.5 Å². The number of carbonyl (C=O) groups excluding carboxylic acids is 1. The van der Waals surface area contributed by atoms with Gasteiger partial charge in [-0.15, -0.1) is 13.2 Å². The molecule has 24 heavy (non-hydrogen) atoms. The lowest BCUT2D eigenvalue weighted by atomic mass is 10.2. The predicted molar refractivity (Wildman–Crippen MR) is 83.0 cm³/mol. The van der Waals surface area contributed by atoms with E-state index in [2.05, 4.69) is 10.1 Å². The summed E-state index contributed by atoms with van der Waals surface area (Å²) in [6.07, 6.45) is -5.51. The van der Waals surface area contributed by atoms with Gasteiger partial charge in [0.2, 0.25) is 0 Å². The van der Waals surface area contributed by atoms with Crippen molar-refractivity contribution in [2.45, 2.75) is 26.3 Å². The largest absolute Gasteiger partial charge is 0.573 e. The minimum absolute atomic E-state index is 0.342. The van der Waals surface area contributed by atoms with Gasteiger partial charge in [-0.3, -0.25) is 4.79 Å². The van der Waals surface area contributed by atoms with Crippen molar-refractivity contribution in [3.05, 3.63) is 54.1 Å². The molecule has 0 saturated heterocycles. The molecule has 0 fully saturated rings. The fourth-order valence-corrected chi connectivity index (χ4v) is 1.86. The van der Waals surface area contributed by atoms with Crippen molar-refractivity contribution in [1.29, 1.82) is 0 Å². The Labute approximate surface area is 137 Å². The van der Waals surface area contributed by atoms with Gasteiger partial charge in [-0.2, -0.15) is 0 Å². The Kier molecular flexibility index (Phi) is 5.33. The molecule has 2 aromatic rings. The number of carbonyl (C=O) groups is 1. The molecule has 0 unspecified atom stereocenters. The van der Waals surface area contributed by atoms with Crippen LogP contribution in [0.3, 0.4) is 0 Å². The molecule has 2 aromatic carbocycles. The molecule has 0 bridgehead atoms. The number of amides is 1. The van der Waals surface area contributed by atoms with E-state index in [1.807, 2.05) is 19.1 Å². The van der Waals surface area contributed by atoms with Crippen molar-refractivity contribution in [3.63, 3.8) is 0 Å². The zero-order chi connectivity index (χ0) is 17.7. The number of rotatable bonds is 5. The topological polar surface area (TPSA) is 47.6 Å². The van der Waals surface area contributed by atoms with Gasteiger partial charge < -0.3 is 14.8 Å². The highest BCUT2D eigenvalue weighted by Crippen LogP contribution is 2.24. The summed E-state index contributed by atoms with van der Waals surface area (Å²) >= 11 is 0. The van der Waals surface area contributed by atoms with Crippen LogP contribution < -0.4 is 14.8 Å². The number of nitrogens with one attached hydrogen (secondary N) is 1. The molecule has 0 radical (unpaired) electrons. The quantitative estimate of drug-likeness (QED) is 0.883. The van der Waals surface area contributed by atoms with Crippen LogP contribution in [0.5, 0.6) is 11.5 Å². The maximum atomic E-state index is 12.1. The van der Waals surface area contributed by atoms with Crippen LogP contribution in [0.1, 0.15) is 12.5 Å². The van der Waals surface area contributed by atoms with Gasteiger partial charge in [-0.1, -0.05) is 17.7 Å².